The van der Waals surface area contributed by atoms with Crippen molar-refractivity contribution in [1.29, 1.82) is 0 Å². The first-order valence-corrected chi connectivity index (χ1v) is 6.54. The van der Waals surface area contributed by atoms with E-state index >= 15 is 0 Å². The molecule has 0 radical (unpaired) electrons. The Morgan fingerprint density at radius 1 is 1.11 bits per heavy atom. The summed E-state index contributed by atoms with van der Waals surface area (Å²) in [7, 11) is 0. The smallest absolute Gasteiger partial charge is 0.146 e. The summed E-state index contributed by atoms with van der Waals surface area (Å²) in [5.74, 6) is -0.413. The molecule has 0 aliphatic carbocycles. The minimum Gasteiger partial charge on any atom is -0.396 e. The molecule has 0 aliphatic rings. The second-order valence-electron chi connectivity index (χ2n) is 3.99. The number of aromatic nitrogens is 2. The van der Waals surface area contributed by atoms with Crippen molar-refractivity contribution >= 4 is 17.0 Å². The number of halogens is 1. The zero-order chi connectivity index (χ0) is 13.2. The van der Waals surface area contributed by atoms with Crippen LogP contribution in [0, 0.1) is 5.82 Å². The monoisotopic (exact) mass is 271 g/mol. The maximum Gasteiger partial charge on any atom is 0.146 e. The van der Waals surface area contributed by atoms with Crippen LogP contribution in [0.1, 0.15) is 0 Å². The molecule has 3 rings (SSSR count). The van der Waals surface area contributed by atoms with Crippen LogP contribution < -0.4 is 5.73 Å². The molecule has 0 atom stereocenters. The lowest BCUT2D eigenvalue weighted by Crippen LogP contribution is -1.90. The van der Waals surface area contributed by atoms with Gasteiger partial charge in [-0.3, -0.25) is 4.98 Å². The lowest BCUT2D eigenvalue weighted by atomic mass is 10.1. The molecule has 0 unspecified atom stereocenters. The SMILES string of the molecule is Nc1cc(-c2csc(-c3ccccn3)n2)ccc1F. The van der Waals surface area contributed by atoms with E-state index in [1.54, 1.807) is 18.3 Å². The minimum absolute atomic E-state index is 0.130. The Kier molecular flexibility index (Phi) is 2.97. The molecule has 2 aromatic heterocycles. The first-order valence-electron chi connectivity index (χ1n) is 5.66. The summed E-state index contributed by atoms with van der Waals surface area (Å²) in [5.41, 5.74) is 8.10. The van der Waals surface area contributed by atoms with Crippen molar-refractivity contribution in [2.75, 3.05) is 5.73 Å². The molecule has 0 saturated carbocycles. The Labute approximate surface area is 113 Å². The van der Waals surface area contributed by atoms with Crippen molar-refractivity contribution in [2.45, 2.75) is 0 Å². The highest BCUT2D eigenvalue weighted by Gasteiger charge is 2.08. The normalized spacial score (nSPS) is 10.6. The predicted octanol–water partition coefficient (Wildman–Crippen LogP) is 3.59. The lowest BCUT2D eigenvalue weighted by molar-refractivity contribution is 0.632. The molecule has 3 aromatic rings. The van der Waals surface area contributed by atoms with Gasteiger partial charge >= 0.3 is 0 Å². The second kappa shape index (κ2) is 4.78. The average molecular weight is 271 g/mol. The Hall–Kier alpha value is -2.27. The molecule has 5 heteroatoms. The molecule has 0 fully saturated rings. The second-order valence-corrected chi connectivity index (χ2v) is 4.85. The zero-order valence-electron chi connectivity index (χ0n) is 9.88. The summed E-state index contributed by atoms with van der Waals surface area (Å²) >= 11 is 1.50. The van der Waals surface area contributed by atoms with E-state index in [9.17, 15) is 4.39 Å². The van der Waals surface area contributed by atoms with E-state index in [2.05, 4.69) is 9.97 Å². The van der Waals surface area contributed by atoms with Crippen molar-refractivity contribution in [1.82, 2.24) is 9.97 Å². The van der Waals surface area contributed by atoms with Gasteiger partial charge in [-0.05, 0) is 30.3 Å². The molecule has 0 bridgehead atoms. The van der Waals surface area contributed by atoms with E-state index < -0.39 is 5.82 Å². The largest absolute Gasteiger partial charge is 0.396 e. The Bertz CT molecular complexity index is 710. The molecule has 0 amide bonds. The van der Waals surface area contributed by atoms with Crippen LogP contribution in [0.2, 0.25) is 0 Å². The number of pyridine rings is 1. The molecular weight excluding hydrogens is 261 g/mol. The van der Waals surface area contributed by atoms with Crippen LogP contribution >= 0.6 is 11.3 Å². The van der Waals surface area contributed by atoms with E-state index in [4.69, 9.17) is 5.73 Å². The molecule has 2 N–H and O–H groups in total. The molecule has 3 nitrogen and oxygen atoms in total. The first kappa shape index (κ1) is 11.8. The van der Waals surface area contributed by atoms with Crippen molar-refractivity contribution in [3.8, 4) is 22.0 Å². The third-order valence-electron chi connectivity index (χ3n) is 2.68. The third-order valence-corrected chi connectivity index (χ3v) is 3.54. The molecule has 0 saturated heterocycles. The third kappa shape index (κ3) is 2.32. The van der Waals surface area contributed by atoms with Crippen LogP contribution in [0.3, 0.4) is 0 Å². The van der Waals surface area contributed by atoms with E-state index in [1.807, 2.05) is 23.6 Å². The highest BCUT2D eigenvalue weighted by molar-refractivity contribution is 7.13. The van der Waals surface area contributed by atoms with Gasteiger partial charge in [0.1, 0.15) is 10.8 Å². The number of hydrogen-bond acceptors (Lipinski definition) is 4. The highest BCUT2D eigenvalue weighted by atomic mass is 32.1. The number of hydrogen-bond donors (Lipinski definition) is 1. The average Bonchev–Trinajstić information content (AvgIpc) is 2.93. The molecule has 94 valence electrons. The number of thiazole rings is 1. The van der Waals surface area contributed by atoms with Gasteiger partial charge in [0.2, 0.25) is 0 Å². The quantitative estimate of drug-likeness (QED) is 0.725. The maximum atomic E-state index is 13.1. The first-order chi connectivity index (χ1) is 9.24. The Balaban J connectivity index is 1.99. The van der Waals surface area contributed by atoms with Crippen LogP contribution in [0.25, 0.3) is 22.0 Å². The summed E-state index contributed by atoms with van der Waals surface area (Å²) in [5, 5.41) is 2.75. The molecule has 0 spiro atoms. The summed E-state index contributed by atoms with van der Waals surface area (Å²) in [6, 6.07) is 10.3. The van der Waals surface area contributed by atoms with E-state index in [0.717, 1.165) is 22.0 Å². The predicted molar refractivity (Wildman–Crippen MR) is 75.2 cm³/mol. The van der Waals surface area contributed by atoms with Crippen LogP contribution in [0.15, 0.2) is 48.0 Å². The summed E-state index contributed by atoms with van der Waals surface area (Å²) in [6.45, 7) is 0. The van der Waals surface area contributed by atoms with Gasteiger partial charge in [-0.1, -0.05) is 6.07 Å². The molecular formula is C14H10FN3S. The number of nitrogen functional groups attached to an aromatic ring is 1. The van der Waals surface area contributed by atoms with Gasteiger partial charge in [-0.2, -0.15) is 0 Å². The maximum absolute atomic E-state index is 13.1. The van der Waals surface area contributed by atoms with Gasteiger partial charge in [0.25, 0.3) is 0 Å². The van der Waals surface area contributed by atoms with Crippen molar-refractivity contribution < 1.29 is 4.39 Å². The number of nitrogens with two attached hydrogens (primary N) is 1. The van der Waals surface area contributed by atoms with Gasteiger partial charge in [-0.25, -0.2) is 9.37 Å². The lowest BCUT2D eigenvalue weighted by Gasteiger charge is -2.00. The van der Waals surface area contributed by atoms with Gasteiger partial charge in [0.05, 0.1) is 17.1 Å². The minimum atomic E-state index is -0.413. The van der Waals surface area contributed by atoms with Crippen LogP contribution in [-0.2, 0) is 0 Å². The van der Waals surface area contributed by atoms with Gasteiger partial charge in [0, 0.05) is 17.1 Å². The fourth-order valence-corrected chi connectivity index (χ4v) is 2.52. The van der Waals surface area contributed by atoms with Crippen molar-refractivity contribution in [2.24, 2.45) is 0 Å². The topological polar surface area (TPSA) is 51.8 Å². The van der Waals surface area contributed by atoms with Crippen LogP contribution in [-0.4, -0.2) is 9.97 Å². The summed E-state index contributed by atoms with van der Waals surface area (Å²) in [6.07, 6.45) is 1.73. The van der Waals surface area contributed by atoms with Crippen molar-refractivity contribution in [3.05, 3.63) is 53.8 Å². The number of nitrogens with zero attached hydrogens (tertiary/aromatic N) is 2. The standard InChI is InChI=1S/C14H10FN3S/c15-10-5-4-9(7-11(10)16)13-8-19-14(18-13)12-3-1-2-6-17-12/h1-8H,16H2. The fourth-order valence-electron chi connectivity index (χ4n) is 1.72. The number of benzene rings is 1. The Morgan fingerprint density at radius 2 is 2.00 bits per heavy atom. The number of rotatable bonds is 2. The fraction of sp³-hybridized carbons (Fsp3) is 0. The van der Waals surface area contributed by atoms with Crippen LogP contribution in [0.4, 0.5) is 10.1 Å². The van der Waals surface area contributed by atoms with E-state index in [1.165, 1.54) is 17.4 Å². The Morgan fingerprint density at radius 3 is 2.74 bits per heavy atom. The van der Waals surface area contributed by atoms with E-state index in [-0.39, 0.29) is 5.69 Å². The van der Waals surface area contributed by atoms with Crippen molar-refractivity contribution in [3.63, 3.8) is 0 Å². The van der Waals surface area contributed by atoms with Gasteiger partial charge in [0.15, 0.2) is 0 Å². The number of anilines is 1. The zero-order valence-corrected chi connectivity index (χ0v) is 10.7. The molecule has 1 aromatic carbocycles. The van der Waals surface area contributed by atoms with Gasteiger partial charge in [-0.15, -0.1) is 11.3 Å². The van der Waals surface area contributed by atoms with E-state index in [0.29, 0.717) is 0 Å². The summed E-state index contributed by atoms with van der Waals surface area (Å²) in [4.78, 5) is 8.75. The molecule has 0 aliphatic heterocycles. The van der Waals surface area contributed by atoms with Gasteiger partial charge < -0.3 is 5.73 Å². The summed E-state index contributed by atoms with van der Waals surface area (Å²) < 4.78 is 13.1. The van der Waals surface area contributed by atoms with Crippen LogP contribution in [0.5, 0.6) is 0 Å². The molecule has 19 heavy (non-hydrogen) atoms. The highest BCUT2D eigenvalue weighted by Crippen LogP contribution is 2.29. The molecule has 2 heterocycles.